The van der Waals surface area contributed by atoms with Crippen molar-refractivity contribution >= 4 is 12.0 Å². The number of nitrogens with one attached hydrogen (secondary N) is 1. The molecule has 2 atom stereocenters. The summed E-state index contributed by atoms with van der Waals surface area (Å²) in [6, 6.07) is 0.235. The van der Waals surface area contributed by atoms with Gasteiger partial charge in [0.15, 0.2) is 0 Å². The van der Waals surface area contributed by atoms with Gasteiger partial charge in [-0.05, 0) is 19.4 Å². The maximum atomic E-state index is 12.1. The first kappa shape index (κ1) is 16.8. The minimum absolute atomic E-state index is 0.00341. The van der Waals surface area contributed by atoms with Crippen molar-refractivity contribution in [1.29, 1.82) is 0 Å². The lowest BCUT2D eigenvalue weighted by molar-refractivity contribution is -0.142. The van der Waals surface area contributed by atoms with Crippen LogP contribution in [-0.4, -0.2) is 66.2 Å². The summed E-state index contributed by atoms with van der Waals surface area (Å²) in [4.78, 5) is 27.3. The third-order valence-corrected chi connectivity index (χ3v) is 4.13. The predicted molar refractivity (Wildman–Crippen MR) is 77.6 cm³/mol. The number of hydrogen-bond acceptors (Lipinski definition) is 3. The van der Waals surface area contributed by atoms with E-state index in [9.17, 15) is 9.59 Å². The minimum Gasteiger partial charge on any atom is -0.481 e. The van der Waals surface area contributed by atoms with Crippen molar-refractivity contribution in [3.63, 3.8) is 0 Å². The molecule has 1 aliphatic heterocycles. The van der Waals surface area contributed by atoms with Crippen LogP contribution < -0.4 is 5.32 Å². The molecule has 0 spiro atoms. The average molecular weight is 285 g/mol. The van der Waals surface area contributed by atoms with E-state index in [2.05, 4.69) is 24.2 Å². The molecule has 0 aromatic heterocycles. The van der Waals surface area contributed by atoms with Gasteiger partial charge in [-0.15, -0.1) is 0 Å². The van der Waals surface area contributed by atoms with Crippen LogP contribution in [0, 0.1) is 11.8 Å². The Balaban J connectivity index is 2.48. The van der Waals surface area contributed by atoms with E-state index < -0.39 is 11.9 Å². The van der Waals surface area contributed by atoms with Crippen molar-refractivity contribution in [2.75, 3.05) is 33.2 Å². The highest BCUT2D eigenvalue weighted by molar-refractivity contribution is 5.76. The second-order valence-corrected chi connectivity index (χ2v) is 5.86. The molecule has 1 heterocycles. The highest BCUT2D eigenvalue weighted by atomic mass is 16.4. The zero-order valence-corrected chi connectivity index (χ0v) is 12.9. The van der Waals surface area contributed by atoms with Crippen LogP contribution in [0.4, 0.5) is 4.79 Å². The monoisotopic (exact) mass is 285 g/mol. The number of carboxylic acids is 1. The molecule has 1 aliphatic rings. The van der Waals surface area contributed by atoms with E-state index in [4.69, 9.17) is 5.11 Å². The Bertz CT molecular complexity index is 347. The number of carbonyl (C=O) groups excluding carboxylic acids is 1. The van der Waals surface area contributed by atoms with Crippen molar-refractivity contribution in [2.24, 2.45) is 11.8 Å². The van der Waals surface area contributed by atoms with Crippen molar-refractivity contribution in [1.82, 2.24) is 15.1 Å². The van der Waals surface area contributed by atoms with Gasteiger partial charge in [-0.1, -0.05) is 20.8 Å². The third-order valence-electron chi connectivity index (χ3n) is 4.13. The molecule has 0 aliphatic carbocycles. The van der Waals surface area contributed by atoms with E-state index >= 15 is 0 Å². The molecule has 2 amide bonds. The Hall–Kier alpha value is -1.30. The van der Waals surface area contributed by atoms with E-state index in [0.29, 0.717) is 19.1 Å². The fourth-order valence-corrected chi connectivity index (χ4v) is 2.49. The number of nitrogens with zero attached hydrogens (tertiary/aromatic N) is 2. The standard InChI is InChI=1S/C14H27N3O3/c1-5-11-9-17(7-6-16(11)4)14(20)15-8-12(10(2)3)13(18)19/h10-12H,5-9H2,1-4H3,(H,15,20)(H,18,19). The number of carboxylic acid groups (broad SMARTS) is 1. The molecule has 1 fully saturated rings. The van der Waals surface area contributed by atoms with Crippen LogP contribution in [0.3, 0.4) is 0 Å². The van der Waals surface area contributed by atoms with Gasteiger partial charge in [0.25, 0.3) is 0 Å². The van der Waals surface area contributed by atoms with E-state index in [1.807, 2.05) is 13.8 Å². The van der Waals surface area contributed by atoms with Gasteiger partial charge in [-0.3, -0.25) is 9.69 Å². The fraction of sp³-hybridized carbons (Fsp3) is 0.857. The summed E-state index contributed by atoms with van der Waals surface area (Å²) < 4.78 is 0. The molecule has 0 bridgehead atoms. The molecule has 6 nitrogen and oxygen atoms in total. The van der Waals surface area contributed by atoms with E-state index in [1.54, 1.807) is 4.90 Å². The van der Waals surface area contributed by atoms with Gasteiger partial charge < -0.3 is 15.3 Å². The number of rotatable bonds is 5. The molecule has 1 rings (SSSR count). The fourth-order valence-electron chi connectivity index (χ4n) is 2.49. The van der Waals surface area contributed by atoms with Gasteiger partial charge in [0, 0.05) is 32.2 Å². The second kappa shape index (κ2) is 7.47. The smallest absolute Gasteiger partial charge is 0.317 e. The molecule has 20 heavy (non-hydrogen) atoms. The molecule has 2 N–H and O–H groups in total. The molecule has 0 radical (unpaired) electrons. The number of carbonyl (C=O) groups is 2. The van der Waals surface area contributed by atoms with Crippen LogP contribution in [0.1, 0.15) is 27.2 Å². The van der Waals surface area contributed by atoms with Crippen LogP contribution in [0.25, 0.3) is 0 Å². The number of hydrogen-bond donors (Lipinski definition) is 2. The van der Waals surface area contributed by atoms with Crippen molar-refractivity contribution in [3.05, 3.63) is 0 Å². The molecule has 0 aromatic carbocycles. The molecular formula is C14H27N3O3. The lowest BCUT2D eigenvalue weighted by Crippen LogP contribution is -2.56. The summed E-state index contributed by atoms with van der Waals surface area (Å²) in [7, 11) is 2.07. The van der Waals surface area contributed by atoms with Crippen LogP contribution in [0.15, 0.2) is 0 Å². The maximum absolute atomic E-state index is 12.1. The number of amides is 2. The zero-order valence-electron chi connectivity index (χ0n) is 12.9. The van der Waals surface area contributed by atoms with Crippen molar-refractivity contribution in [3.8, 4) is 0 Å². The van der Waals surface area contributed by atoms with E-state index in [0.717, 1.165) is 13.0 Å². The Labute approximate surface area is 121 Å². The Kier molecular flexibility index (Phi) is 6.26. The first-order valence-corrected chi connectivity index (χ1v) is 7.32. The Morgan fingerprint density at radius 2 is 2.00 bits per heavy atom. The summed E-state index contributed by atoms with van der Waals surface area (Å²) in [6.07, 6.45) is 1.00. The summed E-state index contributed by atoms with van der Waals surface area (Å²) in [5.41, 5.74) is 0. The van der Waals surface area contributed by atoms with Crippen LogP contribution in [-0.2, 0) is 4.79 Å². The number of aliphatic carboxylic acids is 1. The Morgan fingerprint density at radius 3 is 2.50 bits per heavy atom. The van der Waals surface area contributed by atoms with Gasteiger partial charge in [-0.25, -0.2) is 4.79 Å². The summed E-state index contributed by atoms with van der Waals surface area (Å²) in [5.74, 6) is -1.39. The lowest BCUT2D eigenvalue weighted by Gasteiger charge is -2.39. The van der Waals surface area contributed by atoms with Gasteiger partial charge in [-0.2, -0.15) is 0 Å². The Morgan fingerprint density at radius 1 is 1.35 bits per heavy atom. The molecular weight excluding hydrogens is 258 g/mol. The number of piperazine rings is 1. The minimum atomic E-state index is -0.856. The molecule has 2 unspecified atom stereocenters. The number of likely N-dealkylation sites (N-methyl/N-ethyl adjacent to an activating group) is 1. The summed E-state index contributed by atoms with van der Waals surface area (Å²) in [6.45, 7) is 8.27. The van der Waals surface area contributed by atoms with Gasteiger partial charge in [0.1, 0.15) is 0 Å². The first-order valence-electron chi connectivity index (χ1n) is 7.32. The molecule has 0 saturated carbocycles. The summed E-state index contributed by atoms with van der Waals surface area (Å²) >= 11 is 0. The molecule has 6 heteroatoms. The van der Waals surface area contributed by atoms with Crippen LogP contribution in [0.5, 0.6) is 0 Å². The normalized spacial score (nSPS) is 21.9. The summed E-state index contributed by atoms with van der Waals surface area (Å²) in [5, 5.41) is 11.9. The van der Waals surface area contributed by atoms with Gasteiger partial charge in [0.2, 0.25) is 0 Å². The second-order valence-electron chi connectivity index (χ2n) is 5.86. The average Bonchev–Trinajstić information content (AvgIpc) is 2.38. The van der Waals surface area contributed by atoms with Gasteiger partial charge in [0.05, 0.1) is 5.92 Å². The highest BCUT2D eigenvalue weighted by Gasteiger charge is 2.27. The zero-order chi connectivity index (χ0) is 15.3. The number of urea groups is 1. The highest BCUT2D eigenvalue weighted by Crippen LogP contribution is 2.12. The molecule has 1 saturated heterocycles. The predicted octanol–water partition coefficient (Wildman–Crippen LogP) is 1.08. The van der Waals surface area contributed by atoms with Gasteiger partial charge >= 0.3 is 12.0 Å². The molecule has 116 valence electrons. The largest absolute Gasteiger partial charge is 0.481 e. The SMILES string of the molecule is CCC1CN(C(=O)NCC(C(=O)O)C(C)C)CCN1C. The quantitative estimate of drug-likeness (QED) is 0.793. The topological polar surface area (TPSA) is 72.9 Å². The lowest BCUT2D eigenvalue weighted by atomic mass is 9.96. The van der Waals surface area contributed by atoms with Crippen molar-refractivity contribution < 1.29 is 14.7 Å². The molecule has 0 aromatic rings. The van der Waals surface area contributed by atoms with Crippen molar-refractivity contribution in [2.45, 2.75) is 33.2 Å². The maximum Gasteiger partial charge on any atom is 0.317 e. The van der Waals surface area contributed by atoms with Crippen LogP contribution >= 0.6 is 0 Å². The third kappa shape index (κ3) is 4.37. The first-order chi connectivity index (χ1) is 9.36. The van der Waals surface area contributed by atoms with Crippen LogP contribution in [0.2, 0.25) is 0 Å². The van der Waals surface area contributed by atoms with E-state index in [1.165, 1.54) is 0 Å². The van der Waals surface area contributed by atoms with E-state index in [-0.39, 0.29) is 18.5 Å².